The number of unbranched alkanes of at least 4 members (excludes halogenated alkanes) is 14. The van der Waals surface area contributed by atoms with Crippen LogP contribution in [0.5, 0.6) is 0 Å². The van der Waals surface area contributed by atoms with Gasteiger partial charge in [0.05, 0.1) is 16.9 Å². The molecule has 2 atom stereocenters. The van der Waals surface area contributed by atoms with E-state index in [1.165, 1.54) is 89.2 Å². The van der Waals surface area contributed by atoms with Crippen molar-refractivity contribution in [1.29, 1.82) is 0 Å². The van der Waals surface area contributed by atoms with Crippen LogP contribution in [-0.4, -0.2) is 44.5 Å². The first-order chi connectivity index (χ1) is 21.8. The van der Waals surface area contributed by atoms with E-state index in [-0.39, 0.29) is 23.3 Å². The van der Waals surface area contributed by atoms with E-state index in [1.807, 2.05) is 6.92 Å². The topological polar surface area (TPSA) is 106 Å². The van der Waals surface area contributed by atoms with Crippen molar-refractivity contribution >= 4 is 27.4 Å². The molecule has 45 heavy (non-hydrogen) atoms. The van der Waals surface area contributed by atoms with Gasteiger partial charge in [0.15, 0.2) is 12.5 Å². The van der Waals surface area contributed by atoms with Crippen molar-refractivity contribution in [3.8, 4) is 0 Å². The summed E-state index contributed by atoms with van der Waals surface area (Å²) in [6.45, 7) is 5.97. The number of rotatable bonds is 23. The average molecular weight is 668 g/mol. The highest BCUT2D eigenvalue weighted by Gasteiger charge is 2.26. The zero-order valence-electron chi connectivity index (χ0n) is 27.7. The van der Waals surface area contributed by atoms with Crippen LogP contribution < -0.4 is 4.57 Å². The molecule has 1 aromatic carbocycles. The molecule has 10 heteroatoms. The molecule has 1 saturated heterocycles. The minimum absolute atomic E-state index is 0.106. The number of hydrogen-bond acceptors (Lipinski definition) is 8. The van der Waals surface area contributed by atoms with Crippen LogP contribution in [0.4, 0.5) is 0 Å². The number of carbonyl (C=O) groups is 1. The van der Waals surface area contributed by atoms with E-state index < -0.39 is 10.1 Å². The smallest absolute Gasteiger partial charge is 0.305 e. The molecule has 1 aromatic heterocycles. The molecule has 0 bridgehead atoms. The lowest BCUT2D eigenvalue weighted by molar-refractivity contribution is -0.692. The molecule has 2 aromatic rings. The fourth-order valence-corrected chi connectivity index (χ4v) is 6.27. The molecule has 0 saturated carbocycles. The van der Waals surface area contributed by atoms with Crippen molar-refractivity contribution in [2.45, 2.75) is 153 Å². The number of esters is 1. The van der Waals surface area contributed by atoms with Gasteiger partial charge in [-0.1, -0.05) is 113 Å². The quantitative estimate of drug-likeness (QED) is 0.0508. The molecule has 0 N–H and O–H groups in total. The fraction of sp³-hybridized carbons (Fsp3) is 0.714. The van der Waals surface area contributed by atoms with Gasteiger partial charge in [-0.15, -0.1) is 0 Å². The zero-order valence-corrected chi connectivity index (χ0v) is 29.3. The van der Waals surface area contributed by atoms with Gasteiger partial charge >= 0.3 is 5.97 Å². The molecule has 0 radical (unpaired) electrons. The molecule has 3 rings (SSSR count). The van der Waals surface area contributed by atoms with E-state index in [0.29, 0.717) is 19.6 Å². The van der Waals surface area contributed by atoms with Crippen LogP contribution >= 0.6 is 11.3 Å². The Hall–Kier alpha value is -1.85. The Balaban J connectivity index is 0.000000537. The highest BCUT2D eigenvalue weighted by molar-refractivity contribution is 7.85. The van der Waals surface area contributed by atoms with Crippen LogP contribution in [0.2, 0.25) is 0 Å². The van der Waals surface area contributed by atoms with Crippen molar-refractivity contribution in [1.82, 2.24) is 0 Å². The second kappa shape index (κ2) is 24.3. The lowest BCUT2D eigenvalue weighted by Crippen LogP contribution is -2.29. The van der Waals surface area contributed by atoms with Crippen molar-refractivity contribution in [3.63, 3.8) is 0 Å². The Kier molecular flexibility index (Phi) is 21.3. The Morgan fingerprint density at radius 1 is 0.911 bits per heavy atom. The minimum atomic E-state index is -4.27. The summed E-state index contributed by atoms with van der Waals surface area (Å²) in [5.74, 6) is -0.119. The third-order valence-corrected chi connectivity index (χ3v) is 9.44. The van der Waals surface area contributed by atoms with Crippen molar-refractivity contribution < 1.29 is 36.5 Å². The molecule has 256 valence electrons. The molecule has 2 heterocycles. The molecule has 1 aliphatic rings. The summed E-state index contributed by atoms with van der Waals surface area (Å²) in [4.78, 5) is 11.8. The molecule has 1 aliphatic heterocycles. The van der Waals surface area contributed by atoms with Crippen LogP contribution in [0, 0.1) is 6.92 Å². The fourth-order valence-electron chi connectivity index (χ4n) is 5.17. The molecule has 0 amide bonds. The minimum Gasteiger partial charge on any atom is -0.744 e. The van der Waals surface area contributed by atoms with Crippen LogP contribution in [0.15, 0.2) is 46.2 Å². The van der Waals surface area contributed by atoms with Crippen LogP contribution in [0.25, 0.3) is 0 Å². The number of carbonyl (C=O) groups excluding carboxylic acids is 1. The summed E-state index contributed by atoms with van der Waals surface area (Å²) in [7, 11) is -4.27. The second-order valence-electron chi connectivity index (χ2n) is 12.1. The van der Waals surface area contributed by atoms with Gasteiger partial charge in [0.2, 0.25) is 5.51 Å². The predicted octanol–water partition coefficient (Wildman–Crippen LogP) is 8.26. The van der Waals surface area contributed by atoms with Gasteiger partial charge in [-0.2, -0.15) is 4.57 Å². The first kappa shape index (κ1) is 39.3. The molecule has 0 spiro atoms. The highest BCUT2D eigenvalue weighted by atomic mass is 32.2. The van der Waals surface area contributed by atoms with Gasteiger partial charge in [0.1, 0.15) is 29.4 Å². The maximum absolute atomic E-state index is 12.0. The first-order valence-electron chi connectivity index (χ1n) is 17.1. The standard InChI is InChI=1S/C28H50NO4S.C7H8O3S/c1-2-3-4-5-6-7-8-9-10-11-12-13-16-19-28-32-24-26(33-28)23-31-27(30)18-15-14-17-20-29-21-22-34-25-29;1-6-2-4-7(5-3-6)11(8,9)10/h21-22,25-26,28H,2-20,23-24H2,1H3;2-5H,1H3,(H,8,9,10)/q+1;/p-1/t26-,28-;/m0./s1. The second-order valence-corrected chi connectivity index (χ2v) is 14.2. The van der Waals surface area contributed by atoms with Crippen molar-refractivity contribution in [3.05, 3.63) is 46.9 Å². The summed E-state index contributed by atoms with van der Waals surface area (Å²) in [6.07, 6.45) is 24.0. The Bertz CT molecular complexity index is 1110. The lowest BCUT2D eigenvalue weighted by Gasteiger charge is -2.12. The lowest BCUT2D eigenvalue weighted by atomic mass is 10.0. The number of aromatic nitrogens is 1. The monoisotopic (exact) mass is 667 g/mol. The summed E-state index contributed by atoms with van der Waals surface area (Å²) >= 11 is 1.71. The van der Waals surface area contributed by atoms with Gasteiger partial charge in [-0.05, 0) is 44.7 Å². The number of thiazole rings is 1. The normalized spacial score (nSPS) is 16.3. The van der Waals surface area contributed by atoms with Crippen LogP contribution in [0.3, 0.4) is 0 Å². The largest absolute Gasteiger partial charge is 0.744 e. The molecular weight excluding hydrogens is 611 g/mol. The van der Waals surface area contributed by atoms with E-state index in [9.17, 15) is 17.8 Å². The summed E-state index contributed by atoms with van der Waals surface area (Å²) < 4.78 is 50.4. The Morgan fingerprint density at radius 2 is 1.51 bits per heavy atom. The molecule has 1 fully saturated rings. The number of ether oxygens (including phenoxy) is 3. The van der Waals surface area contributed by atoms with Crippen molar-refractivity contribution in [2.75, 3.05) is 13.2 Å². The zero-order chi connectivity index (χ0) is 32.6. The Morgan fingerprint density at radius 3 is 2.09 bits per heavy atom. The van der Waals surface area contributed by atoms with Gasteiger partial charge in [-0.3, -0.25) is 4.79 Å². The third-order valence-electron chi connectivity index (χ3n) is 7.92. The van der Waals surface area contributed by atoms with E-state index in [1.54, 1.807) is 23.5 Å². The van der Waals surface area contributed by atoms with E-state index >= 15 is 0 Å². The van der Waals surface area contributed by atoms with Gasteiger partial charge in [0.25, 0.3) is 0 Å². The summed E-state index contributed by atoms with van der Waals surface area (Å²) in [6, 6.07) is 5.78. The van der Waals surface area contributed by atoms with Crippen LogP contribution in [0.1, 0.15) is 128 Å². The van der Waals surface area contributed by atoms with Crippen LogP contribution in [-0.2, 0) is 35.7 Å². The maximum Gasteiger partial charge on any atom is 0.305 e. The number of hydrogen-bond donors (Lipinski definition) is 0. The third kappa shape index (κ3) is 20.1. The number of nitrogens with zero attached hydrogens (tertiary/aromatic N) is 1. The number of benzene rings is 1. The first-order valence-corrected chi connectivity index (χ1v) is 19.5. The van der Waals surface area contributed by atoms with Gasteiger partial charge in [0, 0.05) is 12.8 Å². The highest BCUT2D eigenvalue weighted by Crippen LogP contribution is 2.19. The Labute approximate surface area is 276 Å². The predicted molar refractivity (Wildman–Crippen MR) is 178 cm³/mol. The van der Waals surface area contributed by atoms with Gasteiger partial charge in [-0.25, -0.2) is 8.42 Å². The number of aryl methyl sites for hydroxylation is 2. The van der Waals surface area contributed by atoms with E-state index in [0.717, 1.165) is 44.2 Å². The maximum atomic E-state index is 12.0. The SMILES string of the molecule is CCCCCCCCCCCCCCC[C@H]1OC[C@H](COC(=O)CCCCC[n+]2ccsc2)O1.Cc1ccc(S(=O)(=O)[O-])cc1. The molecular formula is C35H57NO7S2. The van der Waals surface area contributed by atoms with E-state index in [2.05, 4.69) is 28.6 Å². The van der Waals surface area contributed by atoms with E-state index in [4.69, 9.17) is 14.2 Å². The average Bonchev–Trinajstić information content (AvgIpc) is 3.71. The molecule has 8 nitrogen and oxygen atoms in total. The summed E-state index contributed by atoms with van der Waals surface area (Å²) in [5.41, 5.74) is 3.04. The van der Waals surface area contributed by atoms with Crippen molar-refractivity contribution in [2.24, 2.45) is 0 Å². The summed E-state index contributed by atoms with van der Waals surface area (Å²) in [5, 5.41) is 2.08. The molecule has 0 aliphatic carbocycles. The van der Waals surface area contributed by atoms with Gasteiger partial charge < -0.3 is 18.8 Å². The molecule has 0 unspecified atom stereocenters.